The number of carbonyl (C=O) groups excluding carboxylic acids is 1. The molecule has 0 saturated carbocycles. The van der Waals surface area contributed by atoms with Crippen LogP contribution in [0.25, 0.3) is 0 Å². The largest absolute Gasteiger partial charge is 0.480 e. The van der Waals surface area contributed by atoms with E-state index >= 15 is 0 Å². The van der Waals surface area contributed by atoms with Crippen LogP contribution in [0.5, 0.6) is 0 Å². The van der Waals surface area contributed by atoms with Gasteiger partial charge in [-0.25, -0.2) is 0 Å². The SMILES string of the molecule is NCCCCCCN(CC(=O)O)C(=O)CN(CCN(CC(=O)O)CC(=O)O)CC(=O)O. The molecule has 0 saturated heterocycles. The molecule has 178 valence electrons. The standard InChI is InChI=1S/C18H32N4O9/c19-5-3-1-2-4-6-22(13-18(30)31)14(23)9-20(10-15(24)25)7-8-21(11-16(26)27)12-17(28)29/h1-13,19H2,(H,24,25)(H,26,27)(H,28,29)(H,30,31). The van der Waals surface area contributed by atoms with Crippen LogP contribution in [0.15, 0.2) is 0 Å². The molecule has 31 heavy (non-hydrogen) atoms. The van der Waals surface area contributed by atoms with E-state index in [2.05, 4.69) is 0 Å². The summed E-state index contributed by atoms with van der Waals surface area (Å²) in [6.45, 7) is -2.03. The van der Waals surface area contributed by atoms with E-state index in [0.29, 0.717) is 13.0 Å². The van der Waals surface area contributed by atoms with Crippen LogP contribution in [0.1, 0.15) is 25.7 Å². The first-order valence-electron chi connectivity index (χ1n) is 9.84. The molecule has 0 unspecified atom stereocenters. The summed E-state index contributed by atoms with van der Waals surface area (Å²) in [5.41, 5.74) is 5.42. The third-order valence-electron chi connectivity index (χ3n) is 4.23. The van der Waals surface area contributed by atoms with Gasteiger partial charge in [-0.2, -0.15) is 0 Å². The lowest BCUT2D eigenvalue weighted by Gasteiger charge is -2.27. The third kappa shape index (κ3) is 15.7. The molecular formula is C18H32N4O9. The molecule has 0 bridgehead atoms. The second-order valence-electron chi connectivity index (χ2n) is 7.01. The molecule has 0 aliphatic carbocycles. The maximum atomic E-state index is 12.6. The highest BCUT2D eigenvalue weighted by atomic mass is 16.4. The number of carbonyl (C=O) groups is 5. The van der Waals surface area contributed by atoms with Gasteiger partial charge in [-0.05, 0) is 19.4 Å². The summed E-state index contributed by atoms with van der Waals surface area (Å²) in [5.74, 6) is -5.50. The number of hydrogen-bond donors (Lipinski definition) is 5. The molecular weight excluding hydrogens is 416 g/mol. The first-order valence-corrected chi connectivity index (χ1v) is 9.84. The molecule has 0 spiro atoms. The Kier molecular flexibility index (Phi) is 14.6. The molecule has 6 N–H and O–H groups in total. The van der Waals surface area contributed by atoms with E-state index in [1.165, 1.54) is 4.90 Å². The molecule has 13 nitrogen and oxygen atoms in total. The van der Waals surface area contributed by atoms with Gasteiger partial charge in [0.05, 0.1) is 26.2 Å². The van der Waals surface area contributed by atoms with Gasteiger partial charge in [0.15, 0.2) is 0 Å². The molecule has 0 aliphatic heterocycles. The highest BCUT2D eigenvalue weighted by Crippen LogP contribution is 2.04. The van der Waals surface area contributed by atoms with Crippen molar-refractivity contribution in [3.8, 4) is 0 Å². The van der Waals surface area contributed by atoms with Crippen molar-refractivity contribution >= 4 is 29.8 Å². The monoisotopic (exact) mass is 448 g/mol. The fourth-order valence-corrected chi connectivity index (χ4v) is 2.83. The third-order valence-corrected chi connectivity index (χ3v) is 4.23. The van der Waals surface area contributed by atoms with Gasteiger partial charge < -0.3 is 31.1 Å². The van der Waals surface area contributed by atoms with E-state index < -0.39 is 62.5 Å². The van der Waals surface area contributed by atoms with E-state index in [1.807, 2.05) is 0 Å². The number of nitrogens with two attached hydrogens (primary N) is 1. The lowest BCUT2D eigenvalue weighted by molar-refractivity contribution is -0.146. The van der Waals surface area contributed by atoms with Crippen LogP contribution in [-0.4, -0.2) is 124 Å². The lowest BCUT2D eigenvalue weighted by atomic mass is 10.2. The quantitative estimate of drug-likeness (QED) is 0.140. The van der Waals surface area contributed by atoms with E-state index in [1.54, 1.807) is 0 Å². The molecule has 0 aromatic rings. The molecule has 0 aromatic heterocycles. The molecule has 1 amide bonds. The molecule has 0 fully saturated rings. The zero-order valence-corrected chi connectivity index (χ0v) is 17.4. The van der Waals surface area contributed by atoms with Crippen molar-refractivity contribution in [2.45, 2.75) is 25.7 Å². The fraction of sp³-hybridized carbons (Fsp3) is 0.722. The average molecular weight is 448 g/mol. The average Bonchev–Trinajstić information content (AvgIpc) is 2.63. The minimum absolute atomic E-state index is 0.0873. The van der Waals surface area contributed by atoms with Crippen molar-refractivity contribution in [1.29, 1.82) is 0 Å². The summed E-state index contributed by atoms with van der Waals surface area (Å²) in [5, 5.41) is 35.9. The second-order valence-corrected chi connectivity index (χ2v) is 7.01. The summed E-state index contributed by atoms with van der Waals surface area (Å²) in [6.07, 6.45) is 3.00. The number of nitrogens with zero attached hydrogens (tertiary/aromatic N) is 3. The molecule has 0 aliphatic rings. The number of carboxylic acid groups (broad SMARTS) is 4. The van der Waals surface area contributed by atoms with Gasteiger partial charge in [0, 0.05) is 19.6 Å². The van der Waals surface area contributed by atoms with Crippen molar-refractivity contribution in [3.63, 3.8) is 0 Å². The van der Waals surface area contributed by atoms with Crippen LogP contribution in [0.3, 0.4) is 0 Å². The van der Waals surface area contributed by atoms with Crippen LogP contribution >= 0.6 is 0 Å². The van der Waals surface area contributed by atoms with Gasteiger partial charge in [-0.1, -0.05) is 12.8 Å². The summed E-state index contributed by atoms with van der Waals surface area (Å²) < 4.78 is 0. The maximum Gasteiger partial charge on any atom is 0.323 e. The minimum atomic E-state index is -1.25. The zero-order valence-electron chi connectivity index (χ0n) is 17.4. The molecule has 0 atom stereocenters. The molecule has 0 rings (SSSR count). The van der Waals surface area contributed by atoms with Crippen molar-refractivity contribution < 1.29 is 44.4 Å². The van der Waals surface area contributed by atoms with Gasteiger partial charge >= 0.3 is 23.9 Å². The Morgan fingerprint density at radius 3 is 1.39 bits per heavy atom. The number of carboxylic acids is 4. The Bertz CT molecular complexity index is 599. The van der Waals surface area contributed by atoms with E-state index in [0.717, 1.165) is 29.1 Å². The number of amides is 1. The van der Waals surface area contributed by atoms with Crippen molar-refractivity contribution in [3.05, 3.63) is 0 Å². The Morgan fingerprint density at radius 1 is 0.548 bits per heavy atom. The number of unbranched alkanes of at least 4 members (excludes halogenated alkanes) is 3. The van der Waals surface area contributed by atoms with Gasteiger partial charge in [0.2, 0.25) is 5.91 Å². The van der Waals surface area contributed by atoms with Crippen LogP contribution < -0.4 is 5.73 Å². The van der Waals surface area contributed by atoms with Crippen molar-refractivity contribution in [2.24, 2.45) is 5.73 Å². The summed E-state index contributed by atoms with van der Waals surface area (Å²) in [7, 11) is 0. The van der Waals surface area contributed by atoms with E-state index in [4.69, 9.17) is 26.2 Å². The Labute approximate surface area is 180 Å². The van der Waals surface area contributed by atoms with Crippen LogP contribution in [-0.2, 0) is 24.0 Å². The lowest BCUT2D eigenvalue weighted by Crippen LogP contribution is -2.47. The number of hydrogen-bond acceptors (Lipinski definition) is 8. The summed E-state index contributed by atoms with van der Waals surface area (Å²) >= 11 is 0. The Morgan fingerprint density at radius 2 is 0.968 bits per heavy atom. The van der Waals surface area contributed by atoms with Crippen LogP contribution in [0.2, 0.25) is 0 Å². The summed E-state index contributed by atoms with van der Waals surface area (Å²) in [6, 6.07) is 0. The van der Waals surface area contributed by atoms with Crippen LogP contribution in [0.4, 0.5) is 0 Å². The Hall–Kier alpha value is -2.77. The normalized spacial score (nSPS) is 10.9. The second kappa shape index (κ2) is 16.0. The molecule has 0 heterocycles. The van der Waals surface area contributed by atoms with E-state index in [9.17, 15) is 24.0 Å². The predicted octanol–water partition coefficient (Wildman–Crippen LogP) is -1.72. The van der Waals surface area contributed by atoms with E-state index in [-0.39, 0.29) is 19.6 Å². The number of aliphatic carboxylic acids is 4. The van der Waals surface area contributed by atoms with Gasteiger partial charge in [0.25, 0.3) is 0 Å². The minimum Gasteiger partial charge on any atom is -0.480 e. The first-order chi connectivity index (χ1) is 14.5. The van der Waals surface area contributed by atoms with Crippen molar-refractivity contribution in [1.82, 2.24) is 14.7 Å². The molecule has 13 heteroatoms. The topological polar surface area (TPSA) is 202 Å². The predicted molar refractivity (Wildman–Crippen MR) is 108 cm³/mol. The highest BCUT2D eigenvalue weighted by Gasteiger charge is 2.22. The smallest absolute Gasteiger partial charge is 0.323 e. The van der Waals surface area contributed by atoms with Gasteiger partial charge in [-0.3, -0.25) is 33.8 Å². The molecule has 0 aromatic carbocycles. The van der Waals surface area contributed by atoms with Crippen LogP contribution in [0, 0.1) is 0 Å². The number of rotatable bonds is 19. The summed E-state index contributed by atoms with van der Waals surface area (Å²) in [4.78, 5) is 60.0. The first kappa shape index (κ1) is 28.2. The Balaban J connectivity index is 5.01. The molecule has 0 radical (unpaired) electrons. The van der Waals surface area contributed by atoms with Gasteiger partial charge in [0.1, 0.15) is 6.54 Å². The highest BCUT2D eigenvalue weighted by molar-refractivity contribution is 5.83. The zero-order chi connectivity index (χ0) is 23.8. The maximum absolute atomic E-state index is 12.6. The van der Waals surface area contributed by atoms with Crippen molar-refractivity contribution in [2.75, 3.05) is 58.9 Å². The van der Waals surface area contributed by atoms with Gasteiger partial charge in [-0.15, -0.1) is 0 Å². The fourth-order valence-electron chi connectivity index (χ4n) is 2.83.